The number of carbonyl (C=O) groups is 1. The Bertz CT molecular complexity index is 678. The van der Waals surface area contributed by atoms with Crippen molar-refractivity contribution in [1.29, 1.82) is 0 Å². The quantitative estimate of drug-likeness (QED) is 0.593. The zero-order valence-corrected chi connectivity index (χ0v) is 16.1. The first-order valence-electron chi connectivity index (χ1n) is 7.43. The number of halogens is 2. The van der Waals surface area contributed by atoms with Gasteiger partial charge in [-0.25, -0.2) is 0 Å². The standard InChI is InChI=1S/C15H14Br2N2O.C2H6/c1-7-4-8-2-3-9-5-10(16)6-19-14(9)15(20)11(8)12(17)13(7)18;1-2/h4-6,14,19H,2-3,18H2,1H3;1-2H3. The summed E-state index contributed by atoms with van der Waals surface area (Å²) in [4.78, 5) is 12.8. The van der Waals surface area contributed by atoms with E-state index in [2.05, 4.69) is 37.2 Å². The van der Waals surface area contributed by atoms with Crippen molar-refractivity contribution in [3.8, 4) is 0 Å². The predicted molar refractivity (Wildman–Crippen MR) is 99.3 cm³/mol. The van der Waals surface area contributed by atoms with Gasteiger partial charge in [-0.3, -0.25) is 4.79 Å². The lowest BCUT2D eigenvalue weighted by atomic mass is 9.95. The molecule has 1 aliphatic carbocycles. The number of hydrogen-bond donors (Lipinski definition) is 2. The average Bonchev–Trinajstić information content (AvgIpc) is 2.64. The maximum absolute atomic E-state index is 12.8. The second kappa shape index (κ2) is 7.01. The Labute approximate surface area is 148 Å². The molecule has 0 spiro atoms. The first-order valence-corrected chi connectivity index (χ1v) is 9.01. The fourth-order valence-corrected chi connectivity index (χ4v) is 3.97. The zero-order valence-electron chi connectivity index (χ0n) is 13.0. The van der Waals surface area contributed by atoms with Crippen molar-refractivity contribution >= 4 is 43.3 Å². The monoisotopic (exact) mass is 426 g/mol. The molecule has 118 valence electrons. The van der Waals surface area contributed by atoms with E-state index in [0.717, 1.165) is 44.1 Å². The van der Waals surface area contributed by atoms with E-state index in [0.29, 0.717) is 5.69 Å². The van der Waals surface area contributed by atoms with Gasteiger partial charge in [-0.05, 0) is 74.4 Å². The first kappa shape index (κ1) is 17.3. The summed E-state index contributed by atoms with van der Waals surface area (Å²) in [6.45, 7) is 5.97. The van der Waals surface area contributed by atoms with E-state index in [1.165, 1.54) is 0 Å². The topological polar surface area (TPSA) is 55.1 Å². The van der Waals surface area contributed by atoms with E-state index < -0.39 is 0 Å². The van der Waals surface area contributed by atoms with Crippen LogP contribution in [0, 0.1) is 6.92 Å². The van der Waals surface area contributed by atoms with Gasteiger partial charge in [0.2, 0.25) is 0 Å². The van der Waals surface area contributed by atoms with Crippen LogP contribution in [0.25, 0.3) is 0 Å². The number of aryl methyl sites for hydroxylation is 2. The van der Waals surface area contributed by atoms with Gasteiger partial charge in [0.05, 0.1) is 4.47 Å². The molecule has 3 rings (SSSR count). The number of dihydropyridines is 1. The Morgan fingerprint density at radius 2 is 1.95 bits per heavy atom. The molecule has 1 aromatic carbocycles. The number of nitrogens with two attached hydrogens (primary N) is 1. The molecule has 1 heterocycles. The third kappa shape index (κ3) is 3.01. The van der Waals surface area contributed by atoms with Gasteiger partial charge in [0, 0.05) is 21.9 Å². The molecule has 3 N–H and O–H groups in total. The van der Waals surface area contributed by atoms with Crippen LogP contribution in [0.3, 0.4) is 0 Å². The minimum absolute atomic E-state index is 0.0820. The number of rotatable bonds is 0. The summed E-state index contributed by atoms with van der Waals surface area (Å²) >= 11 is 6.95. The number of hydrogen-bond acceptors (Lipinski definition) is 3. The van der Waals surface area contributed by atoms with Crippen LogP contribution in [-0.4, -0.2) is 11.8 Å². The summed E-state index contributed by atoms with van der Waals surface area (Å²) in [6, 6.07) is 1.75. The molecular weight excluding hydrogens is 408 g/mol. The van der Waals surface area contributed by atoms with E-state index in [-0.39, 0.29) is 11.8 Å². The molecule has 5 heteroatoms. The van der Waals surface area contributed by atoms with Gasteiger partial charge < -0.3 is 11.1 Å². The molecule has 3 nitrogen and oxygen atoms in total. The molecule has 0 bridgehead atoms. The van der Waals surface area contributed by atoms with Crippen LogP contribution in [0.4, 0.5) is 5.69 Å². The summed E-state index contributed by atoms with van der Waals surface area (Å²) in [6.07, 6.45) is 5.58. The number of allylic oxidation sites excluding steroid dienone is 2. The molecular formula is C17H20Br2N2O. The third-order valence-corrected chi connectivity index (χ3v) is 5.15. The SMILES string of the molecule is CC.Cc1cc2c(c(Br)c1N)C(=O)C1NC=C(Br)C=C1CC2. The molecule has 0 aromatic heterocycles. The van der Waals surface area contributed by atoms with Gasteiger partial charge in [0.1, 0.15) is 6.04 Å². The highest BCUT2D eigenvalue weighted by atomic mass is 79.9. The maximum Gasteiger partial charge on any atom is 0.190 e. The van der Waals surface area contributed by atoms with Gasteiger partial charge >= 0.3 is 0 Å². The van der Waals surface area contributed by atoms with E-state index in [4.69, 9.17) is 5.73 Å². The summed E-state index contributed by atoms with van der Waals surface area (Å²) in [5.74, 6) is 0.0820. The Kier molecular flexibility index (Phi) is 5.50. The van der Waals surface area contributed by atoms with E-state index in [1.54, 1.807) is 0 Å². The number of Topliss-reactive ketones (excluding diaryl/α,β-unsaturated/α-hetero) is 1. The minimum Gasteiger partial charge on any atom is -0.398 e. The van der Waals surface area contributed by atoms with Crippen LogP contribution in [0.2, 0.25) is 0 Å². The lowest BCUT2D eigenvalue weighted by molar-refractivity contribution is 0.0963. The molecule has 1 unspecified atom stereocenters. The Morgan fingerprint density at radius 3 is 2.64 bits per heavy atom. The summed E-state index contributed by atoms with van der Waals surface area (Å²) in [5.41, 5.74) is 10.6. The van der Waals surface area contributed by atoms with Crippen molar-refractivity contribution in [1.82, 2.24) is 5.32 Å². The van der Waals surface area contributed by atoms with Crippen LogP contribution < -0.4 is 11.1 Å². The fraction of sp³-hybridized carbons (Fsp3) is 0.353. The lowest BCUT2D eigenvalue weighted by Crippen LogP contribution is -2.36. The highest BCUT2D eigenvalue weighted by molar-refractivity contribution is 9.12. The van der Waals surface area contributed by atoms with Crippen molar-refractivity contribution in [3.05, 3.63) is 49.6 Å². The van der Waals surface area contributed by atoms with Crippen molar-refractivity contribution < 1.29 is 4.79 Å². The molecule has 0 saturated heterocycles. The van der Waals surface area contributed by atoms with E-state index in [9.17, 15) is 4.79 Å². The van der Waals surface area contributed by atoms with Gasteiger partial charge in [-0.1, -0.05) is 19.9 Å². The Hall–Kier alpha value is -1.07. The maximum atomic E-state index is 12.8. The first-order chi connectivity index (χ1) is 10.5. The molecule has 22 heavy (non-hydrogen) atoms. The molecule has 2 aliphatic rings. The number of benzene rings is 1. The smallest absolute Gasteiger partial charge is 0.190 e. The van der Waals surface area contributed by atoms with E-state index >= 15 is 0 Å². The van der Waals surface area contributed by atoms with Crippen molar-refractivity contribution in [3.63, 3.8) is 0 Å². The second-order valence-electron chi connectivity index (χ2n) is 5.17. The van der Waals surface area contributed by atoms with Gasteiger partial charge in [0.25, 0.3) is 0 Å². The second-order valence-corrected chi connectivity index (χ2v) is 6.88. The summed E-state index contributed by atoms with van der Waals surface area (Å²) < 4.78 is 1.70. The molecule has 1 aromatic rings. The normalized spacial score (nSPS) is 19.5. The lowest BCUT2D eigenvalue weighted by Gasteiger charge is -2.22. The van der Waals surface area contributed by atoms with Crippen LogP contribution in [0.1, 0.15) is 41.8 Å². The fourth-order valence-electron chi connectivity index (χ4n) is 2.78. The largest absolute Gasteiger partial charge is 0.398 e. The molecule has 1 aliphatic heterocycles. The molecule has 0 fully saturated rings. The van der Waals surface area contributed by atoms with Crippen molar-refractivity contribution in [2.45, 2.75) is 39.7 Å². The molecule has 0 radical (unpaired) electrons. The average molecular weight is 428 g/mol. The van der Waals surface area contributed by atoms with Gasteiger partial charge in [0.15, 0.2) is 5.78 Å². The zero-order chi connectivity index (χ0) is 16.4. The number of ketones is 1. The van der Waals surface area contributed by atoms with Crippen LogP contribution >= 0.6 is 31.9 Å². The number of anilines is 1. The van der Waals surface area contributed by atoms with Crippen LogP contribution in [0.15, 0.2) is 32.9 Å². The van der Waals surface area contributed by atoms with Gasteiger partial charge in [-0.15, -0.1) is 0 Å². The number of carbonyl (C=O) groups excluding carboxylic acids is 1. The molecule has 0 amide bonds. The van der Waals surface area contributed by atoms with E-state index in [1.807, 2.05) is 39.1 Å². The Morgan fingerprint density at radius 1 is 1.27 bits per heavy atom. The van der Waals surface area contributed by atoms with Crippen molar-refractivity contribution in [2.24, 2.45) is 0 Å². The summed E-state index contributed by atoms with van der Waals surface area (Å²) in [7, 11) is 0. The number of nitrogen functional groups attached to an aromatic ring is 1. The molecule has 1 atom stereocenters. The highest BCUT2D eigenvalue weighted by Crippen LogP contribution is 2.36. The highest BCUT2D eigenvalue weighted by Gasteiger charge is 2.32. The number of fused-ring (bicyclic) bond motifs is 2. The van der Waals surface area contributed by atoms with Crippen LogP contribution in [-0.2, 0) is 6.42 Å². The third-order valence-electron chi connectivity index (χ3n) is 3.87. The summed E-state index contributed by atoms with van der Waals surface area (Å²) in [5, 5.41) is 3.17. The van der Waals surface area contributed by atoms with Crippen molar-refractivity contribution in [2.75, 3.05) is 5.73 Å². The molecule has 0 saturated carbocycles. The Balaban J connectivity index is 0.000000847. The van der Waals surface area contributed by atoms with Gasteiger partial charge in [-0.2, -0.15) is 0 Å². The van der Waals surface area contributed by atoms with Crippen LogP contribution in [0.5, 0.6) is 0 Å². The predicted octanol–water partition coefficient (Wildman–Crippen LogP) is 4.63. The number of nitrogens with one attached hydrogen (secondary N) is 1. The minimum atomic E-state index is -0.282.